The summed E-state index contributed by atoms with van der Waals surface area (Å²) in [5, 5.41) is 2.94. The van der Waals surface area contributed by atoms with Crippen LogP contribution in [-0.2, 0) is 6.42 Å². The van der Waals surface area contributed by atoms with E-state index in [1.165, 1.54) is 16.6 Å². The Morgan fingerprint density at radius 2 is 2.00 bits per heavy atom. The van der Waals surface area contributed by atoms with Gasteiger partial charge in [-0.15, -0.1) is 11.3 Å². The summed E-state index contributed by atoms with van der Waals surface area (Å²) >= 11 is 15.2. The van der Waals surface area contributed by atoms with Crippen LogP contribution in [0.4, 0.5) is 5.95 Å². The van der Waals surface area contributed by atoms with Crippen LogP contribution in [0.5, 0.6) is 0 Å². The molecule has 108 valence electrons. The van der Waals surface area contributed by atoms with Crippen LogP contribution < -0.4 is 5.73 Å². The lowest BCUT2D eigenvalue weighted by Gasteiger charge is -2.04. The number of nitrogen functional groups attached to an aromatic ring is 1. The van der Waals surface area contributed by atoms with Crippen LogP contribution in [0.25, 0.3) is 10.2 Å². The van der Waals surface area contributed by atoms with E-state index in [0.29, 0.717) is 10.0 Å². The Morgan fingerprint density at radius 3 is 2.71 bits per heavy atom. The Morgan fingerprint density at radius 1 is 1.19 bits per heavy atom. The minimum absolute atomic E-state index is 0.287. The fourth-order valence-electron chi connectivity index (χ4n) is 1.86. The van der Waals surface area contributed by atoms with E-state index >= 15 is 0 Å². The largest absolute Gasteiger partial charge is 0.368 e. The van der Waals surface area contributed by atoms with Gasteiger partial charge in [-0.1, -0.05) is 41.9 Å². The van der Waals surface area contributed by atoms with Crippen LogP contribution in [0.3, 0.4) is 0 Å². The number of anilines is 1. The standard InChI is InChI=1S/C14H11Cl2N3S2/c1-2-7-5-9-12(20-7)18-14(17)19-13(9)21-8-3-4-10(15)11(16)6-8/h3-6H,2H2,1H3,(H2,17,18,19). The minimum atomic E-state index is 0.287. The molecular formula is C14H11Cl2N3S2. The smallest absolute Gasteiger partial charge is 0.222 e. The summed E-state index contributed by atoms with van der Waals surface area (Å²) in [6.07, 6.45) is 0.970. The third-order valence-corrected chi connectivity index (χ3v) is 5.79. The van der Waals surface area contributed by atoms with Gasteiger partial charge in [0.1, 0.15) is 9.86 Å². The average molecular weight is 356 g/mol. The monoisotopic (exact) mass is 355 g/mol. The molecule has 3 nitrogen and oxygen atoms in total. The van der Waals surface area contributed by atoms with Crippen molar-refractivity contribution in [3.63, 3.8) is 0 Å². The van der Waals surface area contributed by atoms with Crippen molar-refractivity contribution < 1.29 is 0 Å². The lowest BCUT2D eigenvalue weighted by molar-refractivity contribution is 1.12. The first-order chi connectivity index (χ1) is 10.1. The number of nitrogens with two attached hydrogens (primary N) is 1. The molecule has 0 atom stereocenters. The molecule has 0 radical (unpaired) electrons. The highest BCUT2D eigenvalue weighted by molar-refractivity contribution is 7.99. The quantitative estimate of drug-likeness (QED) is 0.648. The van der Waals surface area contributed by atoms with Crippen LogP contribution >= 0.6 is 46.3 Å². The van der Waals surface area contributed by atoms with Gasteiger partial charge in [0, 0.05) is 15.2 Å². The number of hydrogen-bond donors (Lipinski definition) is 1. The average Bonchev–Trinajstić information content (AvgIpc) is 2.86. The lowest BCUT2D eigenvalue weighted by atomic mass is 10.3. The second kappa shape index (κ2) is 6.01. The van der Waals surface area contributed by atoms with Gasteiger partial charge in [-0.3, -0.25) is 0 Å². The van der Waals surface area contributed by atoms with E-state index in [2.05, 4.69) is 23.0 Å². The van der Waals surface area contributed by atoms with Gasteiger partial charge < -0.3 is 5.73 Å². The Balaban J connectivity index is 2.06. The second-order valence-electron chi connectivity index (χ2n) is 4.35. The fourth-order valence-corrected chi connectivity index (χ4v) is 4.21. The highest BCUT2D eigenvalue weighted by Gasteiger charge is 2.12. The van der Waals surface area contributed by atoms with Crippen molar-refractivity contribution in [3.05, 3.63) is 39.2 Å². The van der Waals surface area contributed by atoms with Crippen molar-refractivity contribution in [1.29, 1.82) is 0 Å². The molecule has 0 aliphatic rings. The molecule has 0 spiro atoms. The van der Waals surface area contributed by atoms with Crippen molar-refractivity contribution in [2.75, 3.05) is 5.73 Å². The SMILES string of the molecule is CCc1cc2c(Sc3ccc(Cl)c(Cl)c3)nc(N)nc2s1. The highest BCUT2D eigenvalue weighted by Crippen LogP contribution is 2.37. The zero-order valence-electron chi connectivity index (χ0n) is 11.1. The molecular weight excluding hydrogens is 345 g/mol. The normalized spacial score (nSPS) is 11.2. The molecule has 21 heavy (non-hydrogen) atoms. The summed E-state index contributed by atoms with van der Waals surface area (Å²) < 4.78 is 0. The first-order valence-electron chi connectivity index (χ1n) is 6.25. The van der Waals surface area contributed by atoms with Crippen molar-refractivity contribution in [2.45, 2.75) is 23.3 Å². The van der Waals surface area contributed by atoms with Crippen LogP contribution in [0, 0.1) is 0 Å². The van der Waals surface area contributed by atoms with Gasteiger partial charge in [-0.25, -0.2) is 9.97 Å². The zero-order valence-corrected chi connectivity index (χ0v) is 14.2. The van der Waals surface area contributed by atoms with E-state index < -0.39 is 0 Å². The Kier molecular flexibility index (Phi) is 4.26. The molecule has 0 saturated carbocycles. The van der Waals surface area contributed by atoms with Gasteiger partial charge in [0.15, 0.2) is 0 Å². The molecule has 1 aromatic carbocycles. The van der Waals surface area contributed by atoms with Gasteiger partial charge in [-0.2, -0.15) is 0 Å². The predicted molar refractivity (Wildman–Crippen MR) is 91.8 cm³/mol. The fraction of sp³-hybridized carbons (Fsp3) is 0.143. The number of rotatable bonds is 3. The summed E-state index contributed by atoms with van der Waals surface area (Å²) in [5.41, 5.74) is 5.81. The molecule has 0 unspecified atom stereocenters. The van der Waals surface area contributed by atoms with Crippen LogP contribution in [0.1, 0.15) is 11.8 Å². The van der Waals surface area contributed by atoms with Crippen LogP contribution in [0.2, 0.25) is 10.0 Å². The number of halogens is 2. The maximum Gasteiger partial charge on any atom is 0.222 e. The zero-order chi connectivity index (χ0) is 15.0. The molecule has 3 rings (SSSR count). The van der Waals surface area contributed by atoms with Crippen LogP contribution in [0.15, 0.2) is 34.2 Å². The summed E-state index contributed by atoms with van der Waals surface area (Å²) in [6.45, 7) is 2.12. The van der Waals surface area contributed by atoms with E-state index in [0.717, 1.165) is 26.6 Å². The number of nitrogens with zero attached hydrogens (tertiary/aromatic N) is 2. The van der Waals surface area contributed by atoms with Gasteiger partial charge >= 0.3 is 0 Å². The molecule has 0 bridgehead atoms. The first kappa shape index (κ1) is 14.9. The summed E-state index contributed by atoms with van der Waals surface area (Å²) in [5.74, 6) is 0.287. The second-order valence-corrected chi connectivity index (χ2v) is 7.34. The van der Waals surface area contributed by atoms with E-state index in [-0.39, 0.29) is 5.95 Å². The molecule has 0 aliphatic carbocycles. The van der Waals surface area contributed by atoms with Gasteiger partial charge in [-0.05, 0) is 30.7 Å². The minimum Gasteiger partial charge on any atom is -0.368 e. The predicted octanol–water partition coefficient (Wildman–Crippen LogP) is 5.29. The van der Waals surface area contributed by atoms with Crippen molar-refractivity contribution in [2.24, 2.45) is 0 Å². The summed E-state index contributed by atoms with van der Waals surface area (Å²) in [7, 11) is 0. The van der Waals surface area contributed by atoms with Gasteiger partial charge in [0.25, 0.3) is 0 Å². The molecule has 0 fully saturated rings. The van der Waals surface area contributed by atoms with E-state index in [4.69, 9.17) is 28.9 Å². The number of thiophene rings is 1. The van der Waals surface area contributed by atoms with E-state index in [9.17, 15) is 0 Å². The number of aryl methyl sites for hydroxylation is 1. The Bertz CT molecular complexity index is 817. The third-order valence-electron chi connectivity index (χ3n) is 2.88. The highest BCUT2D eigenvalue weighted by atomic mass is 35.5. The van der Waals surface area contributed by atoms with Gasteiger partial charge in [0.05, 0.1) is 10.0 Å². The van der Waals surface area contributed by atoms with Crippen molar-refractivity contribution in [3.8, 4) is 0 Å². The number of benzene rings is 1. The maximum atomic E-state index is 6.06. The molecule has 2 heterocycles. The Hall–Kier alpha value is -1.01. The molecule has 3 aromatic rings. The summed E-state index contributed by atoms with van der Waals surface area (Å²) in [4.78, 5) is 11.8. The lowest BCUT2D eigenvalue weighted by Crippen LogP contribution is -1.95. The third kappa shape index (κ3) is 3.11. The first-order valence-corrected chi connectivity index (χ1v) is 8.64. The van der Waals surface area contributed by atoms with E-state index in [1.54, 1.807) is 17.4 Å². The molecule has 0 saturated heterocycles. The number of hydrogen-bond acceptors (Lipinski definition) is 5. The molecule has 2 aromatic heterocycles. The Labute approximate surface area is 140 Å². The molecule has 2 N–H and O–H groups in total. The molecule has 0 amide bonds. The van der Waals surface area contributed by atoms with Crippen LogP contribution in [-0.4, -0.2) is 9.97 Å². The topological polar surface area (TPSA) is 51.8 Å². The maximum absolute atomic E-state index is 6.06. The molecule has 7 heteroatoms. The summed E-state index contributed by atoms with van der Waals surface area (Å²) in [6, 6.07) is 7.64. The van der Waals surface area contributed by atoms with Crippen molar-refractivity contribution >= 4 is 62.5 Å². The van der Waals surface area contributed by atoms with Crippen molar-refractivity contribution in [1.82, 2.24) is 9.97 Å². The van der Waals surface area contributed by atoms with E-state index in [1.807, 2.05) is 12.1 Å². The van der Waals surface area contributed by atoms with Gasteiger partial charge in [0.2, 0.25) is 5.95 Å². The molecule has 0 aliphatic heterocycles. The number of aromatic nitrogens is 2. The number of fused-ring (bicyclic) bond motifs is 1.